The quantitative estimate of drug-likeness (QED) is 0.915. The predicted molar refractivity (Wildman–Crippen MR) is 84.8 cm³/mol. The number of hydrogen-bond donors (Lipinski definition) is 1. The largest absolute Gasteiger partial charge is 0.494 e. The normalized spacial score (nSPS) is 11.9. The van der Waals surface area contributed by atoms with Crippen molar-refractivity contribution in [2.24, 2.45) is 0 Å². The Balaban J connectivity index is 1.97. The Bertz CT molecular complexity index is 684. The molecule has 0 saturated carbocycles. The second kappa shape index (κ2) is 7.17. The highest BCUT2D eigenvalue weighted by atomic mass is 19.1. The number of benzene rings is 1. The van der Waals surface area contributed by atoms with Crippen molar-refractivity contribution in [3.8, 4) is 5.75 Å². The van der Waals surface area contributed by atoms with Crippen molar-refractivity contribution in [3.63, 3.8) is 0 Å². The number of amides is 2. The maximum atomic E-state index is 13.7. The summed E-state index contributed by atoms with van der Waals surface area (Å²) >= 11 is 0. The van der Waals surface area contributed by atoms with Gasteiger partial charge in [0.15, 0.2) is 11.6 Å². The summed E-state index contributed by atoms with van der Waals surface area (Å²) in [7, 11) is 3.09. The third-order valence-electron chi connectivity index (χ3n) is 3.55. The van der Waals surface area contributed by atoms with E-state index in [4.69, 9.17) is 9.15 Å². The first kappa shape index (κ1) is 16.9. The summed E-state index contributed by atoms with van der Waals surface area (Å²) in [6.45, 7) is 4.01. The molecule has 0 radical (unpaired) electrons. The summed E-state index contributed by atoms with van der Waals surface area (Å²) in [5.41, 5.74) is 0.666. The number of hydrogen-bond acceptors (Lipinski definition) is 3. The molecule has 0 aliphatic rings. The van der Waals surface area contributed by atoms with Crippen LogP contribution in [-0.4, -0.2) is 25.1 Å². The smallest absolute Gasteiger partial charge is 0.318 e. The number of nitrogens with zero attached hydrogens (tertiary/aromatic N) is 1. The fraction of sp³-hybridized carbons (Fsp3) is 0.353. The van der Waals surface area contributed by atoms with Crippen LogP contribution in [0.5, 0.6) is 5.75 Å². The number of carbonyl (C=O) groups is 1. The Labute approximate surface area is 135 Å². The molecular formula is C17H21FN2O3. The number of halogens is 1. The maximum absolute atomic E-state index is 13.7. The second-order valence-electron chi connectivity index (χ2n) is 5.43. The molecule has 23 heavy (non-hydrogen) atoms. The van der Waals surface area contributed by atoms with Crippen molar-refractivity contribution in [2.75, 3.05) is 14.2 Å². The van der Waals surface area contributed by atoms with Gasteiger partial charge in [0.2, 0.25) is 0 Å². The molecule has 0 unspecified atom stereocenters. The summed E-state index contributed by atoms with van der Waals surface area (Å²) < 4.78 is 24.1. The number of ether oxygens (including phenoxy) is 1. The van der Waals surface area contributed by atoms with E-state index in [2.05, 4.69) is 5.32 Å². The molecule has 2 amide bonds. The Morgan fingerprint density at radius 1 is 1.39 bits per heavy atom. The number of furan rings is 1. The minimum Gasteiger partial charge on any atom is -0.494 e. The van der Waals surface area contributed by atoms with Crippen LogP contribution in [0.4, 0.5) is 9.18 Å². The molecule has 0 aliphatic carbocycles. The minimum atomic E-state index is -0.453. The third-order valence-corrected chi connectivity index (χ3v) is 3.55. The van der Waals surface area contributed by atoms with Crippen molar-refractivity contribution in [1.29, 1.82) is 0 Å². The molecule has 0 saturated heterocycles. The van der Waals surface area contributed by atoms with Gasteiger partial charge in [-0.2, -0.15) is 0 Å². The molecule has 5 nitrogen and oxygen atoms in total. The number of methoxy groups -OCH3 is 1. The topological polar surface area (TPSA) is 54.7 Å². The lowest BCUT2D eigenvalue weighted by molar-refractivity contribution is 0.199. The van der Waals surface area contributed by atoms with Crippen LogP contribution in [0.3, 0.4) is 0 Å². The molecule has 1 N–H and O–H groups in total. The van der Waals surface area contributed by atoms with E-state index in [9.17, 15) is 9.18 Å². The van der Waals surface area contributed by atoms with Gasteiger partial charge in [-0.15, -0.1) is 0 Å². The van der Waals surface area contributed by atoms with Gasteiger partial charge >= 0.3 is 6.03 Å². The molecule has 1 aromatic heterocycles. The van der Waals surface area contributed by atoms with Gasteiger partial charge in [-0.3, -0.25) is 0 Å². The van der Waals surface area contributed by atoms with Crippen molar-refractivity contribution in [3.05, 3.63) is 53.2 Å². The van der Waals surface area contributed by atoms with Gasteiger partial charge in [0.05, 0.1) is 19.7 Å². The Morgan fingerprint density at radius 3 is 2.70 bits per heavy atom. The minimum absolute atomic E-state index is 0.178. The molecule has 1 aromatic carbocycles. The zero-order valence-electron chi connectivity index (χ0n) is 13.7. The third kappa shape index (κ3) is 4.25. The molecule has 6 heteroatoms. The monoisotopic (exact) mass is 320 g/mol. The van der Waals surface area contributed by atoms with Gasteiger partial charge in [0, 0.05) is 7.05 Å². The molecule has 2 aromatic rings. The average molecular weight is 320 g/mol. The van der Waals surface area contributed by atoms with E-state index in [0.717, 1.165) is 5.76 Å². The van der Waals surface area contributed by atoms with Crippen LogP contribution >= 0.6 is 0 Å². The number of nitrogens with one attached hydrogen (secondary N) is 1. The highest BCUT2D eigenvalue weighted by molar-refractivity contribution is 5.74. The summed E-state index contributed by atoms with van der Waals surface area (Å²) in [4.78, 5) is 13.7. The first-order valence-corrected chi connectivity index (χ1v) is 7.31. The fourth-order valence-electron chi connectivity index (χ4n) is 2.21. The van der Waals surface area contributed by atoms with Crippen LogP contribution in [0.2, 0.25) is 0 Å². The molecule has 124 valence electrons. The number of rotatable bonds is 5. The van der Waals surface area contributed by atoms with Gasteiger partial charge < -0.3 is 19.4 Å². The molecule has 1 heterocycles. The van der Waals surface area contributed by atoms with Crippen LogP contribution in [0, 0.1) is 12.7 Å². The average Bonchev–Trinajstić information content (AvgIpc) is 2.92. The highest BCUT2D eigenvalue weighted by Crippen LogP contribution is 2.21. The summed E-state index contributed by atoms with van der Waals surface area (Å²) in [5.74, 6) is 1.24. The van der Waals surface area contributed by atoms with Crippen LogP contribution < -0.4 is 10.1 Å². The van der Waals surface area contributed by atoms with Crippen molar-refractivity contribution >= 4 is 6.03 Å². The summed E-state index contributed by atoms with van der Waals surface area (Å²) in [6, 6.07) is 7.72. The Hall–Kier alpha value is -2.50. The van der Waals surface area contributed by atoms with E-state index in [1.54, 1.807) is 26.1 Å². The number of urea groups is 1. The fourth-order valence-corrected chi connectivity index (χ4v) is 2.21. The molecule has 1 atom stereocenters. The van der Waals surface area contributed by atoms with E-state index in [1.807, 2.05) is 19.1 Å². The summed E-state index contributed by atoms with van der Waals surface area (Å²) in [5, 5.41) is 2.83. The van der Waals surface area contributed by atoms with Gasteiger partial charge in [0.1, 0.15) is 11.5 Å². The maximum Gasteiger partial charge on any atom is 0.318 e. The van der Waals surface area contributed by atoms with Gasteiger partial charge in [-0.25, -0.2) is 9.18 Å². The molecular weight excluding hydrogens is 299 g/mol. The van der Waals surface area contributed by atoms with Gasteiger partial charge in [0.25, 0.3) is 0 Å². The molecule has 0 spiro atoms. The highest BCUT2D eigenvalue weighted by Gasteiger charge is 2.16. The zero-order chi connectivity index (χ0) is 17.0. The Kier molecular flexibility index (Phi) is 5.26. The second-order valence-corrected chi connectivity index (χ2v) is 5.43. The first-order chi connectivity index (χ1) is 10.9. The van der Waals surface area contributed by atoms with Crippen LogP contribution in [0.1, 0.15) is 30.0 Å². The SMILES string of the molecule is COc1ccc([C@H](C)NC(=O)N(C)Cc2ccc(C)o2)cc1F. The predicted octanol–water partition coefficient (Wildman–Crippen LogP) is 3.64. The molecule has 0 fully saturated rings. The van der Waals surface area contributed by atoms with Crippen molar-refractivity contribution in [2.45, 2.75) is 26.4 Å². The van der Waals surface area contributed by atoms with E-state index in [1.165, 1.54) is 18.1 Å². The van der Waals surface area contributed by atoms with E-state index < -0.39 is 5.82 Å². The molecule has 0 bridgehead atoms. The lowest BCUT2D eigenvalue weighted by Gasteiger charge is -2.21. The lowest BCUT2D eigenvalue weighted by atomic mass is 10.1. The zero-order valence-corrected chi connectivity index (χ0v) is 13.7. The van der Waals surface area contributed by atoms with Crippen LogP contribution in [0.25, 0.3) is 0 Å². The van der Waals surface area contributed by atoms with Crippen molar-refractivity contribution < 1.29 is 18.3 Å². The van der Waals surface area contributed by atoms with Crippen LogP contribution in [0.15, 0.2) is 34.7 Å². The van der Waals surface area contributed by atoms with Gasteiger partial charge in [-0.1, -0.05) is 6.07 Å². The molecule has 2 rings (SSSR count). The standard InChI is InChI=1S/C17H21FN2O3/c1-11-5-7-14(23-11)10-20(3)17(21)19-12(2)13-6-8-16(22-4)15(18)9-13/h5-9,12H,10H2,1-4H3,(H,19,21)/t12-/m0/s1. The van der Waals surface area contributed by atoms with E-state index >= 15 is 0 Å². The van der Waals surface area contributed by atoms with E-state index in [0.29, 0.717) is 17.9 Å². The number of carbonyl (C=O) groups excluding carboxylic acids is 1. The summed E-state index contributed by atoms with van der Waals surface area (Å²) in [6.07, 6.45) is 0. The van der Waals surface area contributed by atoms with Gasteiger partial charge in [-0.05, 0) is 43.7 Å². The molecule has 0 aliphatic heterocycles. The van der Waals surface area contributed by atoms with Crippen LogP contribution in [-0.2, 0) is 6.54 Å². The van der Waals surface area contributed by atoms with E-state index in [-0.39, 0.29) is 17.8 Å². The first-order valence-electron chi connectivity index (χ1n) is 7.31. The lowest BCUT2D eigenvalue weighted by Crippen LogP contribution is -2.38. The Morgan fingerprint density at radius 2 is 2.13 bits per heavy atom. The van der Waals surface area contributed by atoms with Crippen molar-refractivity contribution in [1.82, 2.24) is 10.2 Å². The number of aryl methyl sites for hydroxylation is 1.